The molecule has 1 aliphatic rings. The fraction of sp³-hybridized carbons (Fsp3) is 0.583. The summed E-state index contributed by atoms with van der Waals surface area (Å²) in [5, 5.41) is 0. The van der Waals surface area contributed by atoms with E-state index in [1.54, 1.807) is 0 Å². The van der Waals surface area contributed by atoms with Crippen LogP contribution in [-0.2, 0) is 11.2 Å². The smallest absolute Gasteiger partial charge is 0.253 e. The van der Waals surface area contributed by atoms with Gasteiger partial charge in [-0.05, 0) is 36.5 Å². The van der Waals surface area contributed by atoms with Crippen LogP contribution < -0.4 is 0 Å². The van der Waals surface area contributed by atoms with Crippen molar-refractivity contribution in [1.29, 1.82) is 0 Å². The number of terminal acetylenes is 1. The largest absolute Gasteiger partial charge is 0.339 e. The highest BCUT2D eigenvalue weighted by Gasteiger charge is 2.24. The van der Waals surface area contributed by atoms with Crippen LogP contribution >= 0.6 is 0 Å². The zero-order valence-corrected chi connectivity index (χ0v) is 16.0. The third-order valence-electron chi connectivity index (χ3n) is 5.11. The lowest BCUT2D eigenvalue weighted by molar-refractivity contribution is -0.132. The molecule has 1 aliphatic heterocycles. The first-order valence-electron chi connectivity index (χ1n) is 9.64. The van der Waals surface area contributed by atoms with Gasteiger partial charge >= 0.3 is 0 Å². The molecule has 1 heterocycles. The second-order valence-corrected chi connectivity index (χ2v) is 7.15. The molecule has 2 rings (SSSR count). The Kier molecular flexibility index (Phi) is 11.9. The van der Waals surface area contributed by atoms with E-state index in [-0.39, 0.29) is 26.7 Å². The van der Waals surface area contributed by atoms with Crippen LogP contribution in [0.1, 0.15) is 70.3 Å². The third kappa shape index (κ3) is 7.38. The zero-order valence-electron chi connectivity index (χ0n) is 16.0. The Morgan fingerprint density at radius 3 is 2.18 bits per heavy atom. The minimum Gasteiger partial charge on any atom is -0.339 e. The van der Waals surface area contributed by atoms with E-state index >= 15 is 0 Å². The number of nitrogens with zero attached hydrogens (tertiary/aromatic N) is 2. The van der Waals surface area contributed by atoms with Gasteiger partial charge in [0.1, 0.15) is 0 Å². The lowest BCUT2D eigenvalue weighted by Gasteiger charge is -2.35. The number of piperazine rings is 1. The van der Waals surface area contributed by atoms with Gasteiger partial charge in [-0.25, -0.2) is 0 Å². The van der Waals surface area contributed by atoms with Crippen LogP contribution in [0, 0.1) is 18.3 Å². The predicted octanol–water partition coefficient (Wildman–Crippen LogP) is 4.64. The molecule has 0 radical (unpaired) electrons. The van der Waals surface area contributed by atoms with Crippen molar-refractivity contribution in [3.63, 3.8) is 0 Å². The first-order valence-corrected chi connectivity index (χ1v) is 9.64. The molecule has 156 valence electrons. The molecule has 28 heavy (non-hydrogen) atoms. The van der Waals surface area contributed by atoms with Crippen LogP contribution in [-0.4, -0.2) is 47.8 Å². The van der Waals surface area contributed by atoms with Gasteiger partial charge in [0, 0.05) is 44.6 Å². The van der Waals surface area contributed by atoms with Crippen LogP contribution in [0.4, 0.5) is 0 Å². The number of carbonyl (C=O) groups is 2. The maximum absolute atomic E-state index is 12.7. The van der Waals surface area contributed by atoms with Gasteiger partial charge in [-0.3, -0.25) is 9.59 Å². The Bertz CT molecular complexity index is 638. The molecule has 0 spiro atoms. The molecule has 1 aromatic carbocycles. The molecule has 1 atom stereocenters. The highest BCUT2D eigenvalue weighted by Crippen LogP contribution is 2.15. The van der Waals surface area contributed by atoms with Crippen LogP contribution in [0.3, 0.4) is 0 Å². The highest BCUT2D eigenvalue weighted by atomic mass is 16.2. The topological polar surface area (TPSA) is 40.6 Å². The van der Waals surface area contributed by atoms with E-state index in [1.807, 2.05) is 21.9 Å². The molecule has 1 unspecified atom stereocenters. The number of unbranched alkanes of at least 4 members (excludes halogenated alkanes) is 1. The van der Waals surface area contributed by atoms with Crippen molar-refractivity contribution in [3.05, 3.63) is 35.4 Å². The van der Waals surface area contributed by atoms with E-state index in [4.69, 9.17) is 6.42 Å². The Balaban J connectivity index is 0.00000364. The number of amides is 2. The number of benzene rings is 1. The summed E-state index contributed by atoms with van der Waals surface area (Å²) in [4.78, 5) is 28.5. The van der Waals surface area contributed by atoms with Crippen molar-refractivity contribution in [3.8, 4) is 12.3 Å². The summed E-state index contributed by atoms with van der Waals surface area (Å²) < 4.78 is 0. The summed E-state index contributed by atoms with van der Waals surface area (Å²) in [6.07, 6.45) is 9.29. The van der Waals surface area contributed by atoms with Gasteiger partial charge in [0.2, 0.25) is 5.91 Å². The lowest BCUT2D eigenvalue weighted by atomic mass is 9.98. The van der Waals surface area contributed by atoms with E-state index in [0.29, 0.717) is 44.9 Å². The number of hydrogen-bond donors (Lipinski definition) is 0. The average Bonchev–Trinajstić information content (AvgIpc) is 2.68. The normalized spacial score (nSPS) is 14.3. The summed E-state index contributed by atoms with van der Waals surface area (Å²) in [5.74, 6) is 3.41. The zero-order chi connectivity index (χ0) is 18.9. The van der Waals surface area contributed by atoms with Crippen molar-refractivity contribution in [1.82, 2.24) is 9.80 Å². The molecule has 1 fully saturated rings. The van der Waals surface area contributed by atoms with Gasteiger partial charge in [0.25, 0.3) is 5.91 Å². The molecule has 0 N–H and O–H groups in total. The monoisotopic (exact) mass is 386 g/mol. The minimum absolute atomic E-state index is 0. The first kappa shape index (κ1) is 25.7. The van der Waals surface area contributed by atoms with Crippen LogP contribution in [0.15, 0.2) is 24.3 Å². The van der Waals surface area contributed by atoms with E-state index in [0.717, 1.165) is 24.8 Å². The molecule has 2 amide bonds. The van der Waals surface area contributed by atoms with Crippen LogP contribution in [0.25, 0.3) is 0 Å². The van der Waals surface area contributed by atoms with Crippen molar-refractivity contribution < 1.29 is 9.59 Å². The molecule has 1 aromatic rings. The molecular weight excluding hydrogens is 348 g/mol. The maximum Gasteiger partial charge on any atom is 0.253 e. The SMILES string of the molecule is C.C.C#CCCCC(=O)N1CCN(C(=O)c2ccc(CC(C)CC)cc2)CC1. The van der Waals surface area contributed by atoms with E-state index in [9.17, 15) is 9.59 Å². The van der Waals surface area contributed by atoms with Gasteiger partial charge in [-0.1, -0.05) is 47.3 Å². The standard InChI is InChI=1S/C22H30N2O2.2CH4/c1-4-6-7-8-21(25)23-13-15-24(16-14-23)22(26)20-11-9-19(10-12-20)17-18(3)5-2;;/h1,9-12,18H,5-8,13-17H2,2-3H3;2*1H4. The summed E-state index contributed by atoms with van der Waals surface area (Å²) >= 11 is 0. The number of carbonyl (C=O) groups excluding carboxylic acids is 2. The van der Waals surface area contributed by atoms with Crippen molar-refractivity contribution in [2.45, 2.75) is 60.8 Å². The van der Waals surface area contributed by atoms with Gasteiger partial charge in [-0.2, -0.15) is 0 Å². The minimum atomic E-state index is 0. The van der Waals surface area contributed by atoms with Crippen LogP contribution in [0.5, 0.6) is 0 Å². The molecular formula is C24H38N2O2. The van der Waals surface area contributed by atoms with Crippen LogP contribution in [0.2, 0.25) is 0 Å². The van der Waals surface area contributed by atoms with Crippen molar-refractivity contribution >= 4 is 11.8 Å². The second-order valence-electron chi connectivity index (χ2n) is 7.15. The van der Waals surface area contributed by atoms with Crippen molar-refractivity contribution in [2.24, 2.45) is 5.92 Å². The predicted molar refractivity (Wildman–Crippen MR) is 118 cm³/mol. The number of rotatable bonds is 7. The molecule has 1 saturated heterocycles. The van der Waals surface area contributed by atoms with E-state index < -0.39 is 0 Å². The molecule has 0 saturated carbocycles. The van der Waals surface area contributed by atoms with E-state index in [1.165, 1.54) is 5.56 Å². The average molecular weight is 387 g/mol. The Morgan fingerprint density at radius 1 is 1.07 bits per heavy atom. The van der Waals surface area contributed by atoms with E-state index in [2.05, 4.69) is 31.9 Å². The van der Waals surface area contributed by atoms with Crippen molar-refractivity contribution in [2.75, 3.05) is 26.2 Å². The van der Waals surface area contributed by atoms with Gasteiger partial charge < -0.3 is 9.80 Å². The Morgan fingerprint density at radius 2 is 1.64 bits per heavy atom. The quantitative estimate of drug-likeness (QED) is 0.506. The molecule has 0 bridgehead atoms. The fourth-order valence-electron chi connectivity index (χ4n) is 3.17. The maximum atomic E-state index is 12.7. The van der Waals surface area contributed by atoms with Gasteiger partial charge in [0.05, 0.1) is 0 Å². The summed E-state index contributed by atoms with van der Waals surface area (Å²) in [5.41, 5.74) is 2.00. The van der Waals surface area contributed by atoms with Gasteiger partial charge in [-0.15, -0.1) is 12.3 Å². The Hall–Kier alpha value is -2.28. The molecule has 4 heteroatoms. The fourth-order valence-corrected chi connectivity index (χ4v) is 3.17. The molecule has 0 aliphatic carbocycles. The lowest BCUT2D eigenvalue weighted by Crippen LogP contribution is -2.50. The summed E-state index contributed by atoms with van der Waals surface area (Å²) in [7, 11) is 0. The summed E-state index contributed by atoms with van der Waals surface area (Å²) in [6.45, 7) is 6.83. The highest BCUT2D eigenvalue weighted by molar-refractivity contribution is 5.94. The first-order chi connectivity index (χ1) is 12.5. The molecule has 4 nitrogen and oxygen atoms in total. The summed E-state index contributed by atoms with van der Waals surface area (Å²) in [6, 6.07) is 7.98. The van der Waals surface area contributed by atoms with Gasteiger partial charge in [0.15, 0.2) is 0 Å². The third-order valence-corrected chi connectivity index (χ3v) is 5.11. The molecule has 0 aromatic heterocycles. The number of hydrogen-bond acceptors (Lipinski definition) is 2. The second kappa shape index (κ2) is 13.0. The Labute approximate surface area is 172 Å².